The monoisotopic (exact) mass is 1380 g/mol. The van der Waals surface area contributed by atoms with E-state index in [4.69, 9.17) is 7.85 Å². The molecule has 8 aromatic rings. The third-order valence-corrected chi connectivity index (χ3v) is 12.4. The summed E-state index contributed by atoms with van der Waals surface area (Å²) in [5.41, 5.74) is 12.7. The molecule has 0 amide bonds. The van der Waals surface area contributed by atoms with Gasteiger partial charge in [0.1, 0.15) is 31.1 Å². The molecule has 6 aromatic carbocycles. The van der Waals surface area contributed by atoms with Crippen molar-refractivity contribution in [2.75, 3.05) is 19.6 Å². The van der Waals surface area contributed by atoms with Gasteiger partial charge in [-0.2, -0.15) is 36.4 Å². The Hall–Kier alpha value is -5.56. The normalized spacial score (nSPS) is 12.1. The zero-order valence-corrected chi connectivity index (χ0v) is 48.1. The SMILES string of the molecule is Brc1cc[c-]c(N2[CH-]N(c3ccccc3)c3nccnc32)c1.CC(C)c1cccc(C(C)C)c1-c1cc[c-]c(N2[CH-]N(c3ccccc3)c3nccnc32)c1.O.O.[B]c1c(C(C)C)cccc1C(C)C.[Ir].[Ir]. The number of hydrogen-bond acceptors (Lipinski definition) is 8. The van der Waals surface area contributed by atoms with Gasteiger partial charge < -0.3 is 30.6 Å². The molecule has 10 rings (SSSR count). The number of rotatable bonds is 9. The van der Waals surface area contributed by atoms with Crippen molar-refractivity contribution in [3.63, 3.8) is 0 Å². The Morgan fingerprint density at radius 2 is 0.819 bits per heavy atom. The number of hydrogen-bond donors (Lipinski definition) is 0. The van der Waals surface area contributed by atoms with Gasteiger partial charge in [-0.1, -0.05) is 165 Å². The third-order valence-electron chi connectivity index (χ3n) is 11.9. The minimum atomic E-state index is 0. The molecule has 0 spiro atoms. The van der Waals surface area contributed by atoms with Crippen LogP contribution < -0.4 is 25.1 Å². The van der Waals surface area contributed by atoms with Crippen LogP contribution in [0.5, 0.6) is 0 Å². The van der Waals surface area contributed by atoms with Gasteiger partial charge in [-0.05, 0) is 64.6 Å². The first-order valence-corrected chi connectivity index (χ1v) is 24.0. The van der Waals surface area contributed by atoms with Crippen LogP contribution in [0.3, 0.4) is 0 Å². The van der Waals surface area contributed by atoms with Crippen LogP contribution >= 0.6 is 15.9 Å². The van der Waals surface area contributed by atoms with E-state index in [1.165, 1.54) is 33.4 Å². The summed E-state index contributed by atoms with van der Waals surface area (Å²) in [6.45, 7) is 21.8. The minimum absolute atomic E-state index is 0. The van der Waals surface area contributed by atoms with Crippen molar-refractivity contribution in [2.24, 2.45) is 0 Å². The molecule has 14 heteroatoms. The maximum absolute atomic E-state index is 6.09. The van der Waals surface area contributed by atoms with Gasteiger partial charge in [0.05, 0.1) is 0 Å². The number of fused-ring (bicyclic) bond motifs is 2. The fourth-order valence-electron chi connectivity index (χ4n) is 8.49. The average molecular weight is 1380 g/mol. The van der Waals surface area contributed by atoms with Gasteiger partial charge >= 0.3 is 0 Å². The molecule has 0 saturated heterocycles. The van der Waals surface area contributed by atoms with Gasteiger partial charge in [0.15, 0.2) is 0 Å². The fraction of sp³-hybridized carbons (Fsp3) is 0.207. The van der Waals surface area contributed by atoms with E-state index in [9.17, 15) is 0 Å². The largest absolute Gasteiger partial charge is 0.477 e. The van der Waals surface area contributed by atoms with Gasteiger partial charge in [0.2, 0.25) is 0 Å². The first-order valence-electron chi connectivity index (χ1n) is 23.2. The van der Waals surface area contributed by atoms with Gasteiger partial charge in [-0.25, -0.2) is 19.9 Å². The van der Waals surface area contributed by atoms with Gasteiger partial charge in [-0.3, -0.25) is 0 Å². The zero-order chi connectivity index (χ0) is 47.9. The molecule has 0 unspecified atom stereocenters. The standard InChI is InChI=1S/C29H28N4.C17H11BrN4.C12H17B.2Ir.2H2O/c1-20(2)25-14-9-15-26(21(3)4)27(25)22-10-8-13-24(18-22)33-19-32(23-11-6-5-7-12-23)28-29(33)31-17-16-30-28;18-13-5-4-8-15(11-13)22-12-21(14-6-2-1-3-7-14)16-17(22)20-10-9-19-16;1-8(2)10-6-5-7-11(9(3)4)12(10)13;;;;/h5-12,14-21H,1-4H3;1-7,9-12H;5-9H,1-4H3;;;2*1H2/q2*-2;;;;;. The number of halogens is 1. The Labute approximate surface area is 463 Å². The second-order valence-corrected chi connectivity index (χ2v) is 18.8. The van der Waals surface area contributed by atoms with Crippen molar-refractivity contribution in [1.29, 1.82) is 0 Å². The summed E-state index contributed by atoms with van der Waals surface area (Å²) in [4.78, 5) is 26.4. The van der Waals surface area contributed by atoms with E-state index < -0.39 is 0 Å². The number of nitrogens with zero attached hydrogens (tertiary/aromatic N) is 8. The van der Waals surface area contributed by atoms with Crippen molar-refractivity contribution >= 4 is 75.3 Å². The Morgan fingerprint density at radius 1 is 0.458 bits per heavy atom. The number of benzene rings is 6. The molecule has 2 aliphatic heterocycles. The first-order chi connectivity index (χ1) is 32.9. The summed E-state index contributed by atoms with van der Waals surface area (Å²) in [5, 5.41) is 0. The number of aromatic nitrogens is 4. The molecule has 10 nitrogen and oxygen atoms in total. The number of para-hydroxylation sites is 2. The molecule has 4 radical (unpaired) electrons. The maximum atomic E-state index is 6.09. The Balaban J connectivity index is 0.000000250. The van der Waals surface area contributed by atoms with Crippen LogP contribution in [0.4, 0.5) is 46.0 Å². The smallest absolute Gasteiger partial charge is 0.145 e. The van der Waals surface area contributed by atoms with E-state index in [2.05, 4.69) is 174 Å². The Kier molecular flexibility index (Phi) is 22.1. The van der Waals surface area contributed by atoms with E-state index in [1.54, 1.807) is 24.8 Å². The van der Waals surface area contributed by atoms with Crippen LogP contribution in [0.1, 0.15) is 101 Å². The Bertz CT molecular complexity index is 2920. The van der Waals surface area contributed by atoms with Crippen LogP contribution in [-0.2, 0) is 40.2 Å². The fourth-order valence-corrected chi connectivity index (χ4v) is 8.84. The second kappa shape index (κ2) is 26.9. The van der Waals surface area contributed by atoms with Crippen LogP contribution in [0.15, 0.2) is 163 Å². The molecule has 0 aliphatic carbocycles. The van der Waals surface area contributed by atoms with Crippen molar-refractivity contribution in [2.45, 2.75) is 79.1 Å². The molecule has 0 atom stereocenters. The second-order valence-electron chi connectivity index (χ2n) is 17.9. The Morgan fingerprint density at radius 3 is 1.21 bits per heavy atom. The molecule has 376 valence electrons. The average Bonchev–Trinajstić information content (AvgIpc) is 3.95. The number of anilines is 8. The van der Waals surface area contributed by atoms with E-state index >= 15 is 0 Å². The topological polar surface area (TPSA) is 128 Å². The zero-order valence-electron chi connectivity index (χ0n) is 41.7. The first kappa shape index (κ1) is 59.0. The maximum Gasteiger partial charge on any atom is 0.145 e. The van der Waals surface area contributed by atoms with Gasteiger partial charge in [0, 0.05) is 76.4 Å². The van der Waals surface area contributed by atoms with E-state index in [1.807, 2.05) is 95.9 Å². The summed E-state index contributed by atoms with van der Waals surface area (Å²) in [6.07, 6.45) is 6.88. The predicted octanol–water partition coefficient (Wildman–Crippen LogP) is 13.1. The molecule has 2 aliphatic rings. The van der Waals surface area contributed by atoms with Crippen molar-refractivity contribution in [1.82, 2.24) is 19.9 Å². The van der Waals surface area contributed by atoms with Crippen LogP contribution in [0.25, 0.3) is 11.1 Å². The van der Waals surface area contributed by atoms with E-state index in [0.717, 1.165) is 56.0 Å². The predicted molar refractivity (Wildman–Crippen MR) is 293 cm³/mol. The molecule has 4 heterocycles. The molecule has 0 fully saturated rings. The van der Waals surface area contributed by atoms with Crippen LogP contribution in [0.2, 0.25) is 0 Å². The molecule has 72 heavy (non-hydrogen) atoms. The van der Waals surface area contributed by atoms with Crippen LogP contribution in [-0.4, -0.2) is 38.7 Å². The summed E-state index contributed by atoms with van der Waals surface area (Å²) >= 11 is 3.50. The van der Waals surface area contributed by atoms with Gasteiger partial charge in [-0.15, -0.1) is 42.4 Å². The molecular weight excluding hydrogens is 1320 g/mol. The summed E-state index contributed by atoms with van der Waals surface area (Å²) in [6, 6.07) is 52.3. The quantitative estimate of drug-likeness (QED) is 0.103. The summed E-state index contributed by atoms with van der Waals surface area (Å²) in [7, 11) is 6.09. The van der Waals surface area contributed by atoms with Crippen molar-refractivity contribution < 1.29 is 51.2 Å². The van der Waals surface area contributed by atoms with Crippen LogP contribution in [0, 0.1) is 25.5 Å². The minimum Gasteiger partial charge on any atom is -0.477 e. The summed E-state index contributed by atoms with van der Waals surface area (Å²) < 4.78 is 0.998. The molecule has 2 aromatic heterocycles. The molecule has 0 saturated carbocycles. The van der Waals surface area contributed by atoms with Crippen molar-refractivity contribution in [3.8, 4) is 11.1 Å². The molecule has 0 bridgehead atoms. The third kappa shape index (κ3) is 13.2. The van der Waals surface area contributed by atoms with Crippen molar-refractivity contribution in [3.05, 3.63) is 210 Å². The van der Waals surface area contributed by atoms with E-state index in [0.29, 0.717) is 23.7 Å². The van der Waals surface area contributed by atoms with Gasteiger partial charge in [0.25, 0.3) is 0 Å². The molecular formula is C58H60BBrIr2N8O2-4. The molecule has 4 N–H and O–H groups in total. The van der Waals surface area contributed by atoms with E-state index in [-0.39, 0.29) is 51.2 Å². The summed E-state index contributed by atoms with van der Waals surface area (Å²) in [5.74, 6) is 5.11.